The normalized spacial score (nSPS) is 14.5. The van der Waals surface area contributed by atoms with Crippen LogP contribution in [0.5, 0.6) is 0 Å². The second-order valence-corrected chi connectivity index (χ2v) is 14.1. The maximum Gasteiger partial charge on any atom is 0.324 e. The molecule has 2 N–H and O–H groups in total. The molecule has 7 nitrogen and oxygen atoms in total. The van der Waals surface area contributed by atoms with Gasteiger partial charge in [0.25, 0.3) is 0 Å². The van der Waals surface area contributed by atoms with Crippen molar-refractivity contribution >= 4 is 44.7 Å². The van der Waals surface area contributed by atoms with Crippen molar-refractivity contribution in [3.05, 3.63) is 107 Å². The number of amides is 2. The minimum Gasteiger partial charge on any atom is -0.308 e. The van der Waals surface area contributed by atoms with Crippen LogP contribution in [0.4, 0.5) is 16.3 Å². The second kappa shape index (κ2) is 13.0. The molecule has 6 rings (SSSR count). The Bertz CT molecular complexity index is 1810. The first-order valence-corrected chi connectivity index (χ1v) is 16.6. The molecular formula is C37H41N5O2S. The van der Waals surface area contributed by atoms with Crippen molar-refractivity contribution in [1.82, 2.24) is 14.7 Å². The number of aromatic nitrogens is 2. The fraction of sp³-hybridized carbons (Fsp3) is 0.324. The van der Waals surface area contributed by atoms with E-state index in [0.717, 1.165) is 70.6 Å². The van der Waals surface area contributed by atoms with Gasteiger partial charge in [-0.1, -0.05) is 68.8 Å². The van der Waals surface area contributed by atoms with Gasteiger partial charge in [0.2, 0.25) is 0 Å². The van der Waals surface area contributed by atoms with Crippen molar-refractivity contribution in [2.24, 2.45) is 5.92 Å². The largest absolute Gasteiger partial charge is 0.324 e. The number of hydrogen-bond acceptors (Lipinski definition) is 5. The maximum absolute atomic E-state index is 13.2. The summed E-state index contributed by atoms with van der Waals surface area (Å²) in [4.78, 5) is 28.5. The number of piperidine rings is 1. The van der Waals surface area contributed by atoms with Gasteiger partial charge >= 0.3 is 6.03 Å². The summed E-state index contributed by atoms with van der Waals surface area (Å²) in [5, 5.41) is 13.9. The second-order valence-electron chi connectivity index (χ2n) is 13.2. The third-order valence-corrected chi connectivity index (χ3v) is 9.53. The van der Waals surface area contributed by atoms with Crippen molar-refractivity contribution in [2.75, 3.05) is 30.3 Å². The van der Waals surface area contributed by atoms with Gasteiger partial charge in [-0.2, -0.15) is 5.10 Å². The number of carbonyl (C=O) groups is 2. The summed E-state index contributed by atoms with van der Waals surface area (Å²) in [6, 6.07) is 26.0. The molecule has 232 valence electrons. The molecule has 3 aromatic carbocycles. The summed E-state index contributed by atoms with van der Waals surface area (Å²) in [6.45, 7) is 10.7. The topological polar surface area (TPSA) is 79.3 Å². The number of carbonyl (C=O) groups excluding carboxylic acids is 2. The van der Waals surface area contributed by atoms with E-state index in [1.54, 1.807) is 16.0 Å². The number of aryl methyl sites for hydroxylation is 1. The van der Waals surface area contributed by atoms with Crippen molar-refractivity contribution in [2.45, 2.75) is 52.4 Å². The zero-order chi connectivity index (χ0) is 31.6. The van der Waals surface area contributed by atoms with Crippen LogP contribution in [0.3, 0.4) is 0 Å². The van der Waals surface area contributed by atoms with Gasteiger partial charge in [0, 0.05) is 38.2 Å². The standard InChI is InChI=1S/C37H41N5O2S/c1-25-12-14-29(15-13-25)42-35(22-34(40-42)37(2,3)4)39-36(44)38-28-9-7-8-27(21-28)20-26-16-18-41(19-17-26)23-32(43)31-24-45-33-11-6-5-10-30(31)33/h5-15,21-22,24,26H,16-20,23H2,1-4H3,(H2,38,39,44). The molecule has 0 unspecified atom stereocenters. The molecular weight excluding hydrogens is 579 g/mol. The Morgan fingerprint density at radius 2 is 1.69 bits per heavy atom. The Labute approximate surface area is 269 Å². The zero-order valence-corrected chi connectivity index (χ0v) is 27.3. The number of fused-ring (bicyclic) bond motifs is 1. The third kappa shape index (κ3) is 7.35. The Kier molecular flexibility index (Phi) is 8.88. The molecule has 0 radical (unpaired) electrons. The lowest BCUT2D eigenvalue weighted by molar-refractivity contribution is 0.0897. The van der Waals surface area contributed by atoms with Gasteiger partial charge in [0.15, 0.2) is 5.78 Å². The summed E-state index contributed by atoms with van der Waals surface area (Å²) < 4.78 is 2.95. The average molecular weight is 620 g/mol. The summed E-state index contributed by atoms with van der Waals surface area (Å²) in [5.41, 5.74) is 5.60. The van der Waals surface area contributed by atoms with Gasteiger partial charge in [-0.15, -0.1) is 11.3 Å². The summed E-state index contributed by atoms with van der Waals surface area (Å²) in [5.74, 6) is 1.37. The van der Waals surface area contributed by atoms with Crippen LogP contribution in [0, 0.1) is 12.8 Å². The van der Waals surface area contributed by atoms with Crippen molar-refractivity contribution in [3.8, 4) is 5.69 Å². The predicted molar refractivity (Wildman–Crippen MR) is 185 cm³/mol. The average Bonchev–Trinajstić information content (AvgIpc) is 3.64. The Morgan fingerprint density at radius 3 is 2.44 bits per heavy atom. The minimum absolute atomic E-state index is 0.165. The maximum atomic E-state index is 13.2. The van der Waals surface area contributed by atoms with Crippen LogP contribution >= 0.6 is 11.3 Å². The number of rotatable bonds is 8. The first-order valence-electron chi connectivity index (χ1n) is 15.7. The molecule has 0 spiro atoms. The van der Waals surface area contributed by atoms with Crippen LogP contribution in [-0.2, 0) is 11.8 Å². The molecule has 8 heteroatoms. The van der Waals surface area contributed by atoms with Gasteiger partial charge in [0.05, 0.1) is 17.9 Å². The molecule has 3 heterocycles. The fourth-order valence-corrected chi connectivity index (χ4v) is 6.90. The Morgan fingerprint density at radius 1 is 0.933 bits per heavy atom. The van der Waals surface area contributed by atoms with Gasteiger partial charge in [0.1, 0.15) is 5.82 Å². The molecule has 1 aliphatic rings. The molecule has 0 atom stereocenters. The van der Waals surface area contributed by atoms with Crippen LogP contribution in [0.1, 0.15) is 60.8 Å². The summed E-state index contributed by atoms with van der Waals surface area (Å²) >= 11 is 1.64. The van der Waals surface area contributed by atoms with E-state index in [9.17, 15) is 9.59 Å². The number of benzene rings is 3. The van der Waals surface area contributed by atoms with E-state index >= 15 is 0 Å². The molecule has 1 aliphatic heterocycles. The summed E-state index contributed by atoms with van der Waals surface area (Å²) in [6.07, 6.45) is 3.05. The summed E-state index contributed by atoms with van der Waals surface area (Å²) in [7, 11) is 0. The van der Waals surface area contributed by atoms with E-state index in [0.29, 0.717) is 18.3 Å². The fourth-order valence-electron chi connectivity index (χ4n) is 5.94. The van der Waals surface area contributed by atoms with E-state index in [4.69, 9.17) is 5.10 Å². The number of likely N-dealkylation sites (tertiary alicyclic amines) is 1. The molecule has 2 aromatic heterocycles. The smallest absolute Gasteiger partial charge is 0.308 e. The number of anilines is 2. The van der Waals surface area contributed by atoms with Crippen molar-refractivity contribution in [3.63, 3.8) is 0 Å². The highest BCUT2D eigenvalue weighted by molar-refractivity contribution is 7.17. The van der Waals surface area contributed by atoms with E-state index in [-0.39, 0.29) is 17.2 Å². The molecule has 5 aromatic rings. The van der Waals surface area contributed by atoms with Gasteiger partial charge in [-0.25, -0.2) is 9.48 Å². The lowest BCUT2D eigenvalue weighted by Gasteiger charge is -2.31. The number of nitrogens with one attached hydrogen (secondary N) is 2. The number of ketones is 1. The van der Waals surface area contributed by atoms with Crippen LogP contribution in [-0.4, -0.2) is 46.1 Å². The molecule has 45 heavy (non-hydrogen) atoms. The zero-order valence-electron chi connectivity index (χ0n) is 26.5. The highest BCUT2D eigenvalue weighted by Gasteiger charge is 2.24. The van der Waals surface area contributed by atoms with Crippen LogP contribution in [0.2, 0.25) is 0 Å². The first kappa shape index (κ1) is 30.7. The quantitative estimate of drug-likeness (QED) is 0.171. The molecule has 0 bridgehead atoms. The number of nitrogens with zero attached hydrogens (tertiary/aromatic N) is 3. The third-order valence-electron chi connectivity index (χ3n) is 8.56. The van der Waals surface area contributed by atoms with E-state index < -0.39 is 0 Å². The van der Waals surface area contributed by atoms with Gasteiger partial charge in [-0.05, 0) is 81.1 Å². The SMILES string of the molecule is Cc1ccc(-n2nc(C(C)(C)C)cc2NC(=O)Nc2cccc(CC3CCN(CC(=O)c4csc5ccccc45)CC3)c2)cc1. The number of thiophene rings is 1. The van der Waals surface area contributed by atoms with Crippen molar-refractivity contribution < 1.29 is 9.59 Å². The van der Waals surface area contributed by atoms with E-state index in [1.165, 1.54) is 5.56 Å². The van der Waals surface area contributed by atoms with E-state index in [1.807, 2.05) is 73.0 Å². The highest BCUT2D eigenvalue weighted by Crippen LogP contribution is 2.29. The Hall–Kier alpha value is -4.27. The van der Waals surface area contributed by atoms with Crippen LogP contribution < -0.4 is 10.6 Å². The van der Waals surface area contributed by atoms with Crippen LogP contribution in [0.25, 0.3) is 15.8 Å². The van der Waals surface area contributed by atoms with Crippen molar-refractivity contribution in [1.29, 1.82) is 0 Å². The first-order chi connectivity index (χ1) is 21.6. The highest BCUT2D eigenvalue weighted by atomic mass is 32.1. The van der Waals surface area contributed by atoms with Crippen LogP contribution in [0.15, 0.2) is 84.2 Å². The predicted octanol–water partition coefficient (Wildman–Crippen LogP) is 8.47. The van der Waals surface area contributed by atoms with Gasteiger partial charge in [-0.3, -0.25) is 15.0 Å². The molecule has 0 aliphatic carbocycles. The number of Topliss-reactive ketones (excluding diaryl/α,β-unsaturated/α-hetero) is 1. The molecule has 0 saturated carbocycles. The lowest BCUT2D eigenvalue weighted by atomic mass is 9.90. The monoisotopic (exact) mass is 619 g/mol. The van der Waals surface area contributed by atoms with E-state index in [2.05, 4.69) is 54.5 Å². The minimum atomic E-state index is -0.308. The lowest BCUT2D eigenvalue weighted by Crippen LogP contribution is -2.37. The molecule has 1 fully saturated rings. The number of hydrogen-bond donors (Lipinski definition) is 2. The molecule has 1 saturated heterocycles. The molecule has 2 amide bonds. The Balaban J connectivity index is 1.04. The number of urea groups is 1. The van der Waals surface area contributed by atoms with Gasteiger partial charge < -0.3 is 5.32 Å².